The van der Waals surface area contributed by atoms with Crippen LogP contribution in [0, 0.1) is 5.82 Å². The number of hydrogen-bond donors (Lipinski definition) is 2. The van der Waals surface area contributed by atoms with E-state index in [2.05, 4.69) is 20.6 Å². The van der Waals surface area contributed by atoms with Crippen molar-refractivity contribution in [3.05, 3.63) is 53.6 Å². The number of anilines is 1. The molecular weight excluding hydrogens is 283 g/mol. The van der Waals surface area contributed by atoms with Crippen LogP contribution in [0.25, 0.3) is 0 Å². The SMILES string of the molecule is CC(C)(C)NC(=O)c1ccnc(NCc2ccc(F)cc2)n1. The molecule has 22 heavy (non-hydrogen) atoms. The normalized spacial score (nSPS) is 11.1. The van der Waals surface area contributed by atoms with E-state index in [1.165, 1.54) is 18.3 Å². The van der Waals surface area contributed by atoms with Crippen LogP contribution in [0.15, 0.2) is 36.5 Å². The third-order valence-corrected chi connectivity index (χ3v) is 2.74. The van der Waals surface area contributed by atoms with Gasteiger partial charge in [-0.05, 0) is 44.5 Å². The minimum absolute atomic E-state index is 0.250. The molecule has 0 saturated carbocycles. The maximum Gasteiger partial charge on any atom is 0.270 e. The molecule has 0 aliphatic heterocycles. The zero-order valence-electron chi connectivity index (χ0n) is 12.9. The molecule has 0 bridgehead atoms. The lowest BCUT2D eigenvalue weighted by Crippen LogP contribution is -2.41. The first-order valence-electron chi connectivity index (χ1n) is 6.97. The molecule has 1 amide bonds. The highest BCUT2D eigenvalue weighted by molar-refractivity contribution is 5.92. The Labute approximate surface area is 129 Å². The quantitative estimate of drug-likeness (QED) is 0.911. The van der Waals surface area contributed by atoms with Crippen molar-refractivity contribution in [2.75, 3.05) is 5.32 Å². The molecular formula is C16H19FN4O. The van der Waals surface area contributed by atoms with Gasteiger partial charge in [0.15, 0.2) is 0 Å². The molecule has 0 unspecified atom stereocenters. The molecule has 1 aromatic heterocycles. The summed E-state index contributed by atoms with van der Waals surface area (Å²) in [5.41, 5.74) is 0.866. The van der Waals surface area contributed by atoms with Gasteiger partial charge in [0.25, 0.3) is 5.91 Å². The second-order valence-electron chi connectivity index (χ2n) is 5.95. The van der Waals surface area contributed by atoms with E-state index in [9.17, 15) is 9.18 Å². The number of carbonyl (C=O) groups excluding carboxylic acids is 1. The standard InChI is InChI=1S/C16H19FN4O/c1-16(2,3)21-14(22)13-8-9-18-15(20-13)19-10-11-4-6-12(17)7-5-11/h4-9H,10H2,1-3H3,(H,21,22)(H,18,19,20). The summed E-state index contributed by atoms with van der Waals surface area (Å²) >= 11 is 0. The van der Waals surface area contributed by atoms with Gasteiger partial charge < -0.3 is 10.6 Å². The topological polar surface area (TPSA) is 66.9 Å². The fourth-order valence-corrected chi connectivity index (χ4v) is 1.76. The highest BCUT2D eigenvalue weighted by Crippen LogP contribution is 2.07. The second kappa shape index (κ2) is 6.51. The molecule has 0 aliphatic carbocycles. The molecule has 2 rings (SSSR count). The van der Waals surface area contributed by atoms with Crippen LogP contribution in [0.2, 0.25) is 0 Å². The average Bonchev–Trinajstić information content (AvgIpc) is 2.45. The van der Waals surface area contributed by atoms with Gasteiger partial charge in [0, 0.05) is 18.3 Å². The first-order valence-corrected chi connectivity index (χ1v) is 6.97. The third-order valence-electron chi connectivity index (χ3n) is 2.74. The molecule has 1 aromatic carbocycles. The van der Waals surface area contributed by atoms with Gasteiger partial charge in [-0.25, -0.2) is 14.4 Å². The Morgan fingerprint density at radius 1 is 1.18 bits per heavy atom. The number of aromatic nitrogens is 2. The van der Waals surface area contributed by atoms with Crippen LogP contribution in [0.4, 0.5) is 10.3 Å². The van der Waals surface area contributed by atoms with Gasteiger partial charge in [0.2, 0.25) is 5.95 Å². The Bertz CT molecular complexity index is 650. The Balaban J connectivity index is 2.02. The zero-order chi connectivity index (χ0) is 16.2. The van der Waals surface area contributed by atoms with E-state index in [-0.39, 0.29) is 17.3 Å². The van der Waals surface area contributed by atoms with Gasteiger partial charge in [-0.2, -0.15) is 0 Å². The largest absolute Gasteiger partial charge is 0.350 e. The molecule has 0 fully saturated rings. The van der Waals surface area contributed by atoms with Gasteiger partial charge in [-0.15, -0.1) is 0 Å². The van der Waals surface area contributed by atoms with Crippen LogP contribution in [0.3, 0.4) is 0 Å². The smallest absolute Gasteiger partial charge is 0.270 e. The summed E-state index contributed by atoms with van der Waals surface area (Å²) in [6.07, 6.45) is 1.53. The van der Waals surface area contributed by atoms with E-state index in [0.29, 0.717) is 18.2 Å². The summed E-state index contributed by atoms with van der Waals surface area (Å²) < 4.78 is 12.8. The van der Waals surface area contributed by atoms with Crippen molar-refractivity contribution in [2.24, 2.45) is 0 Å². The number of nitrogens with zero attached hydrogens (tertiary/aromatic N) is 2. The van der Waals surface area contributed by atoms with Crippen LogP contribution >= 0.6 is 0 Å². The van der Waals surface area contributed by atoms with Crippen LogP contribution in [0.1, 0.15) is 36.8 Å². The van der Waals surface area contributed by atoms with Crippen molar-refractivity contribution in [3.8, 4) is 0 Å². The van der Waals surface area contributed by atoms with E-state index < -0.39 is 0 Å². The molecule has 2 aromatic rings. The van der Waals surface area contributed by atoms with E-state index in [4.69, 9.17) is 0 Å². The number of rotatable bonds is 4. The first kappa shape index (κ1) is 15.9. The third kappa shape index (κ3) is 4.80. The molecule has 0 aliphatic rings. The number of benzene rings is 1. The maximum absolute atomic E-state index is 12.8. The van der Waals surface area contributed by atoms with E-state index in [0.717, 1.165) is 5.56 Å². The summed E-state index contributed by atoms with van der Waals surface area (Å²) in [5, 5.41) is 5.86. The Hall–Kier alpha value is -2.50. The van der Waals surface area contributed by atoms with Crippen molar-refractivity contribution in [1.29, 1.82) is 0 Å². The van der Waals surface area contributed by atoms with Crippen LogP contribution in [0.5, 0.6) is 0 Å². The van der Waals surface area contributed by atoms with Crippen molar-refractivity contribution >= 4 is 11.9 Å². The zero-order valence-corrected chi connectivity index (χ0v) is 12.9. The van der Waals surface area contributed by atoms with Crippen molar-refractivity contribution in [3.63, 3.8) is 0 Å². The molecule has 0 radical (unpaired) electrons. The van der Waals surface area contributed by atoms with Gasteiger partial charge >= 0.3 is 0 Å². The van der Waals surface area contributed by atoms with E-state index in [1.54, 1.807) is 18.2 Å². The predicted octanol–water partition coefficient (Wildman–Crippen LogP) is 2.76. The Morgan fingerprint density at radius 3 is 2.50 bits per heavy atom. The van der Waals surface area contributed by atoms with Crippen LogP contribution in [-0.4, -0.2) is 21.4 Å². The summed E-state index contributed by atoms with van der Waals surface area (Å²) in [7, 11) is 0. The lowest BCUT2D eigenvalue weighted by molar-refractivity contribution is 0.0914. The Kier molecular flexibility index (Phi) is 4.70. The highest BCUT2D eigenvalue weighted by atomic mass is 19.1. The lowest BCUT2D eigenvalue weighted by atomic mass is 10.1. The van der Waals surface area contributed by atoms with Gasteiger partial charge in [-0.1, -0.05) is 12.1 Å². The molecule has 1 heterocycles. The average molecular weight is 302 g/mol. The summed E-state index contributed by atoms with van der Waals surface area (Å²) in [6.45, 7) is 6.16. The number of amides is 1. The van der Waals surface area contributed by atoms with Crippen molar-refractivity contribution in [1.82, 2.24) is 15.3 Å². The van der Waals surface area contributed by atoms with Crippen LogP contribution < -0.4 is 10.6 Å². The lowest BCUT2D eigenvalue weighted by Gasteiger charge is -2.20. The molecule has 5 nitrogen and oxygen atoms in total. The van der Waals surface area contributed by atoms with Crippen LogP contribution in [-0.2, 0) is 6.54 Å². The number of carbonyl (C=O) groups is 1. The maximum atomic E-state index is 12.8. The van der Waals surface area contributed by atoms with E-state index >= 15 is 0 Å². The highest BCUT2D eigenvalue weighted by Gasteiger charge is 2.16. The molecule has 0 atom stereocenters. The van der Waals surface area contributed by atoms with Gasteiger partial charge in [0.1, 0.15) is 11.5 Å². The van der Waals surface area contributed by atoms with Crippen molar-refractivity contribution < 1.29 is 9.18 Å². The van der Waals surface area contributed by atoms with Crippen molar-refractivity contribution in [2.45, 2.75) is 32.9 Å². The van der Waals surface area contributed by atoms with Gasteiger partial charge in [0.05, 0.1) is 0 Å². The van der Waals surface area contributed by atoms with Gasteiger partial charge in [-0.3, -0.25) is 4.79 Å². The first-order chi connectivity index (χ1) is 10.3. The molecule has 0 saturated heterocycles. The summed E-state index contributed by atoms with van der Waals surface area (Å²) in [5.74, 6) is -0.175. The number of halogens is 1. The molecule has 6 heteroatoms. The fraction of sp³-hybridized carbons (Fsp3) is 0.312. The molecule has 2 N–H and O–H groups in total. The minimum Gasteiger partial charge on any atom is -0.350 e. The summed E-state index contributed by atoms with van der Waals surface area (Å²) in [6, 6.07) is 7.71. The Morgan fingerprint density at radius 2 is 1.86 bits per heavy atom. The van der Waals surface area contributed by atoms with E-state index in [1.807, 2.05) is 20.8 Å². The number of nitrogens with one attached hydrogen (secondary N) is 2. The minimum atomic E-state index is -0.330. The number of hydrogen-bond acceptors (Lipinski definition) is 4. The second-order valence-corrected chi connectivity index (χ2v) is 5.95. The predicted molar refractivity (Wildman–Crippen MR) is 83.0 cm³/mol. The monoisotopic (exact) mass is 302 g/mol. The molecule has 0 spiro atoms. The molecule has 116 valence electrons. The summed E-state index contributed by atoms with van der Waals surface area (Å²) in [4.78, 5) is 20.3. The fourth-order valence-electron chi connectivity index (χ4n) is 1.76.